The fourth-order valence-corrected chi connectivity index (χ4v) is 2.87. The van der Waals surface area contributed by atoms with E-state index in [2.05, 4.69) is 49.1 Å². The van der Waals surface area contributed by atoms with Gasteiger partial charge in [-0.25, -0.2) is 0 Å². The van der Waals surface area contributed by atoms with E-state index < -0.39 is 0 Å². The highest BCUT2D eigenvalue weighted by molar-refractivity contribution is 5.40. The predicted octanol–water partition coefficient (Wildman–Crippen LogP) is 4.60. The molecule has 1 heterocycles. The molecule has 2 rings (SSSR count). The van der Waals surface area contributed by atoms with Gasteiger partial charge in [0.1, 0.15) is 0 Å². The van der Waals surface area contributed by atoms with Gasteiger partial charge in [0.15, 0.2) is 0 Å². The molecule has 1 nitrogen and oxygen atoms in total. The summed E-state index contributed by atoms with van der Waals surface area (Å²) >= 11 is 0. The lowest BCUT2D eigenvalue weighted by Crippen LogP contribution is -2.29. The van der Waals surface area contributed by atoms with Crippen molar-refractivity contribution in [2.45, 2.75) is 46.0 Å². The van der Waals surface area contributed by atoms with Crippen molar-refractivity contribution in [1.29, 1.82) is 0 Å². The Balaban J connectivity index is 2.01. The maximum absolute atomic E-state index is 2.56. The Morgan fingerprint density at radius 3 is 2.61 bits per heavy atom. The molecule has 0 N–H and O–H groups in total. The molecule has 0 unspecified atom stereocenters. The number of hydrogen-bond donors (Lipinski definition) is 0. The van der Waals surface area contributed by atoms with E-state index in [0.717, 1.165) is 6.54 Å². The largest absolute Gasteiger partial charge is 0.371 e. The maximum atomic E-state index is 2.56. The van der Waals surface area contributed by atoms with Gasteiger partial charge in [-0.3, -0.25) is 0 Å². The van der Waals surface area contributed by atoms with Gasteiger partial charge >= 0.3 is 0 Å². The van der Waals surface area contributed by atoms with Gasteiger partial charge < -0.3 is 4.90 Å². The van der Waals surface area contributed by atoms with Gasteiger partial charge in [0.25, 0.3) is 0 Å². The molecular weight excluding hydrogens is 218 g/mol. The molecule has 0 spiro atoms. The van der Waals surface area contributed by atoms with Crippen LogP contribution in [0.3, 0.4) is 0 Å². The second kappa shape index (κ2) is 6.63. The minimum absolute atomic E-state index is 1.09. The Bertz CT molecular complexity index is 396. The topological polar surface area (TPSA) is 3.24 Å². The fraction of sp³-hybridized carbons (Fsp3) is 0.529. The van der Waals surface area contributed by atoms with Crippen molar-refractivity contribution in [3.05, 3.63) is 47.2 Å². The molecule has 0 bridgehead atoms. The molecular formula is C17H25N. The summed E-state index contributed by atoms with van der Waals surface area (Å²) in [5, 5.41) is 0. The van der Waals surface area contributed by atoms with Crippen molar-refractivity contribution in [1.82, 2.24) is 4.90 Å². The lowest BCUT2D eigenvalue weighted by Gasteiger charge is -2.32. The number of allylic oxidation sites excluding steroid dienone is 6. The van der Waals surface area contributed by atoms with Crippen molar-refractivity contribution >= 4 is 0 Å². The summed E-state index contributed by atoms with van der Waals surface area (Å²) in [5.74, 6) is 0. The third-order valence-corrected chi connectivity index (χ3v) is 3.91. The molecule has 0 aromatic heterocycles. The first-order chi connectivity index (χ1) is 8.85. The van der Waals surface area contributed by atoms with Crippen LogP contribution in [-0.2, 0) is 0 Å². The van der Waals surface area contributed by atoms with Gasteiger partial charge in [-0.15, -0.1) is 0 Å². The van der Waals surface area contributed by atoms with E-state index >= 15 is 0 Å². The van der Waals surface area contributed by atoms with Gasteiger partial charge in [0, 0.05) is 18.8 Å². The second-order valence-corrected chi connectivity index (χ2v) is 5.11. The molecule has 2 aliphatic rings. The molecule has 1 aliphatic carbocycles. The zero-order valence-corrected chi connectivity index (χ0v) is 11.8. The van der Waals surface area contributed by atoms with Crippen molar-refractivity contribution in [3.63, 3.8) is 0 Å². The fourth-order valence-electron chi connectivity index (χ4n) is 2.87. The van der Waals surface area contributed by atoms with E-state index in [-0.39, 0.29) is 0 Å². The van der Waals surface area contributed by atoms with Crippen molar-refractivity contribution in [2.75, 3.05) is 13.1 Å². The van der Waals surface area contributed by atoms with Crippen LogP contribution in [0.2, 0.25) is 0 Å². The van der Waals surface area contributed by atoms with E-state index in [1.807, 2.05) is 0 Å². The smallest absolute Gasteiger partial charge is 0.0362 e. The van der Waals surface area contributed by atoms with Crippen LogP contribution in [0.15, 0.2) is 47.2 Å². The van der Waals surface area contributed by atoms with Crippen LogP contribution in [-0.4, -0.2) is 18.0 Å². The maximum Gasteiger partial charge on any atom is 0.0362 e. The first kappa shape index (κ1) is 13.2. The van der Waals surface area contributed by atoms with E-state index in [9.17, 15) is 0 Å². The first-order valence-electron chi connectivity index (χ1n) is 7.27. The Labute approximate surface area is 112 Å². The molecule has 0 saturated heterocycles. The molecule has 0 amide bonds. The van der Waals surface area contributed by atoms with Gasteiger partial charge in [0.05, 0.1) is 0 Å². The molecule has 1 aliphatic heterocycles. The Morgan fingerprint density at radius 1 is 1.17 bits per heavy atom. The first-order valence-corrected chi connectivity index (χ1v) is 7.27. The molecule has 0 saturated carbocycles. The summed E-state index contributed by atoms with van der Waals surface area (Å²) in [4.78, 5) is 2.56. The van der Waals surface area contributed by atoms with Crippen molar-refractivity contribution in [3.8, 4) is 0 Å². The number of nitrogens with zero attached hydrogens (tertiary/aromatic N) is 1. The highest BCUT2D eigenvalue weighted by Crippen LogP contribution is 2.26. The lowest BCUT2D eigenvalue weighted by atomic mass is 9.97. The van der Waals surface area contributed by atoms with Crippen LogP contribution in [0.1, 0.15) is 46.0 Å². The number of rotatable bonds is 3. The van der Waals surface area contributed by atoms with E-state index in [0.29, 0.717) is 0 Å². The highest BCUT2D eigenvalue weighted by atomic mass is 15.1. The highest BCUT2D eigenvalue weighted by Gasteiger charge is 2.16. The van der Waals surface area contributed by atoms with Crippen molar-refractivity contribution in [2.24, 2.45) is 0 Å². The Kier molecular flexibility index (Phi) is 4.86. The quantitative estimate of drug-likeness (QED) is 0.655. The summed E-state index contributed by atoms with van der Waals surface area (Å²) < 4.78 is 0. The lowest BCUT2D eigenvalue weighted by molar-refractivity contribution is 0.345. The van der Waals surface area contributed by atoms with E-state index in [1.165, 1.54) is 49.8 Å². The van der Waals surface area contributed by atoms with Gasteiger partial charge in [0.2, 0.25) is 0 Å². The summed E-state index contributed by atoms with van der Waals surface area (Å²) in [6, 6.07) is 0. The molecule has 0 fully saturated rings. The van der Waals surface area contributed by atoms with Gasteiger partial charge in [-0.05, 0) is 57.1 Å². The summed E-state index contributed by atoms with van der Waals surface area (Å²) in [6.07, 6.45) is 17.9. The van der Waals surface area contributed by atoms with Gasteiger partial charge in [-0.2, -0.15) is 0 Å². The standard InChI is InChI=1S/C17H25N/c1-3-8-15(4-2)16-11-13-18(14-12-16)17-9-6-5-7-10-17/h3-4,8-9,11H,5-7,10,12-14H2,1-2H3/b8-3-,15-4+. The average Bonchev–Trinajstić information content (AvgIpc) is 2.46. The molecule has 0 aromatic rings. The summed E-state index contributed by atoms with van der Waals surface area (Å²) in [5.41, 5.74) is 4.50. The summed E-state index contributed by atoms with van der Waals surface area (Å²) in [7, 11) is 0. The zero-order chi connectivity index (χ0) is 12.8. The Hall–Kier alpha value is -1.24. The van der Waals surface area contributed by atoms with E-state index in [1.54, 1.807) is 5.70 Å². The predicted molar refractivity (Wildman–Crippen MR) is 79.4 cm³/mol. The van der Waals surface area contributed by atoms with Crippen LogP contribution in [0, 0.1) is 0 Å². The minimum Gasteiger partial charge on any atom is -0.371 e. The van der Waals surface area contributed by atoms with E-state index in [4.69, 9.17) is 0 Å². The van der Waals surface area contributed by atoms with Crippen molar-refractivity contribution < 1.29 is 0 Å². The monoisotopic (exact) mass is 243 g/mol. The molecule has 0 aromatic carbocycles. The zero-order valence-electron chi connectivity index (χ0n) is 11.8. The van der Waals surface area contributed by atoms with Crippen LogP contribution < -0.4 is 0 Å². The molecule has 1 heteroatoms. The third kappa shape index (κ3) is 3.16. The second-order valence-electron chi connectivity index (χ2n) is 5.11. The average molecular weight is 243 g/mol. The number of hydrogen-bond acceptors (Lipinski definition) is 1. The SMILES string of the molecule is C/C=C\C(=C/C)C1=CCN(C2=CCCCC2)CC1. The van der Waals surface area contributed by atoms with Crippen LogP contribution in [0.25, 0.3) is 0 Å². The third-order valence-electron chi connectivity index (χ3n) is 3.91. The molecule has 18 heavy (non-hydrogen) atoms. The van der Waals surface area contributed by atoms with Crippen LogP contribution in [0.4, 0.5) is 0 Å². The Morgan fingerprint density at radius 2 is 2.06 bits per heavy atom. The molecule has 98 valence electrons. The molecule has 0 atom stereocenters. The van der Waals surface area contributed by atoms with Crippen LogP contribution in [0.5, 0.6) is 0 Å². The van der Waals surface area contributed by atoms with Crippen LogP contribution >= 0.6 is 0 Å². The minimum atomic E-state index is 1.09. The molecule has 0 radical (unpaired) electrons. The summed E-state index contributed by atoms with van der Waals surface area (Å²) in [6.45, 7) is 6.50. The van der Waals surface area contributed by atoms with Gasteiger partial charge in [-0.1, -0.05) is 30.4 Å². The normalized spacial score (nSPS) is 22.1.